The Balaban J connectivity index is 1.46. The number of aromatic nitrogens is 2. The van der Waals surface area contributed by atoms with Crippen LogP contribution in [0.25, 0.3) is 10.9 Å². The number of anilines is 1. The average Bonchev–Trinajstić information content (AvgIpc) is 3.08. The predicted molar refractivity (Wildman–Crippen MR) is 105 cm³/mol. The molecule has 1 saturated heterocycles. The molecule has 1 unspecified atom stereocenters. The SMILES string of the molecule is CC1CCCN(Cc2csc(NC(=O)c3cccc4cccnc34)n2)C1. The molecule has 1 atom stereocenters. The summed E-state index contributed by atoms with van der Waals surface area (Å²) in [6.45, 7) is 5.41. The maximum atomic E-state index is 12.7. The Labute approximate surface area is 157 Å². The number of pyridine rings is 1. The van der Waals surface area contributed by atoms with Crippen LogP contribution in [0.2, 0.25) is 0 Å². The van der Waals surface area contributed by atoms with Crippen LogP contribution in [0.15, 0.2) is 41.9 Å². The molecule has 1 aliphatic rings. The van der Waals surface area contributed by atoms with E-state index in [9.17, 15) is 4.79 Å². The second-order valence-corrected chi connectivity index (χ2v) is 7.82. The van der Waals surface area contributed by atoms with Crippen LogP contribution in [-0.2, 0) is 6.54 Å². The van der Waals surface area contributed by atoms with Crippen LogP contribution in [-0.4, -0.2) is 33.9 Å². The van der Waals surface area contributed by atoms with Crippen molar-refractivity contribution in [3.8, 4) is 0 Å². The molecule has 3 heterocycles. The lowest BCUT2D eigenvalue weighted by Crippen LogP contribution is -2.33. The minimum atomic E-state index is -0.165. The molecule has 3 aromatic rings. The van der Waals surface area contributed by atoms with Gasteiger partial charge >= 0.3 is 0 Å². The van der Waals surface area contributed by atoms with E-state index in [-0.39, 0.29) is 5.91 Å². The number of fused-ring (bicyclic) bond motifs is 1. The van der Waals surface area contributed by atoms with Gasteiger partial charge in [0, 0.05) is 30.1 Å². The summed E-state index contributed by atoms with van der Waals surface area (Å²) in [5.74, 6) is 0.585. The second kappa shape index (κ2) is 7.51. The molecule has 0 saturated carbocycles. The number of likely N-dealkylation sites (tertiary alicyclic amines) is 1. The third-order valence-corrected chi connectivity index (χ3v) is 5.58. The van der Waals surface area contributed by atoms with Crippen LogP contribution in [0.3, 0.4) is 0 Å². The standard InChI is InChI=1S/C20H22N4OS/c1-14-5-4-10-24(11-14)12-16-13-26-20(22-16)23-19(25)17-8-2-6-15-7-3-9-21-18(15)17/h2-3,6-9,13-14H,4-5,10-12H2,1H3,(H,22,23,25). The van der Waals surface area contributed by atoms with E-state index in [2.05, 4.69) is 27.1 Å². The number of amides is 1. The van der Waals surface area contributed by atoms with Crippen LogP contribution < -0.4 is 5.32 Å². The highest BCUT2D eigenvalue weighted by Crippen LogP contribution is 2.22. The topological polar surface area (TPSA) is 58.1 Å². The lowest BCUT2D eigenvalue weighted by atomic mass is 10.0. The van der Waals surface area contributed by atoms with Crippen LogP contribution >= 0.6 is 11.3 Å². The fourth-order valence-electron chi connectivity index (χ4n) is 3.55. The zero-order chi connectivity index (χ0) is 17.9. The molecule has 1 N–H and O–H groups in total. The van der Waals surface area contributed by atoms with Gasteiger partial charge in [0.25, 0.3) is 5.91 Å². The number of nitrogens with one attached hydrogen (secondary N) is 1. The highest BCUT2D eigenvalue weighted by atomic mass is 32.1. The molecule has 4 rings (SSSR count). The Hall–Kier alpha value is -2.31. The number of carbonyl (C=O) groups is 1. The van der Waals surface area contributed by atoms with E-state index in [4.69, 9.17) is 0 Å². The molecular formula is C20H22N4OS. The fraction of sp³-hybridized carbons (Fsp3) is 0.350. The van der Waals surface area contributed by atoms with Gasteiger partial charge in [0.1, 0.15) is 0 Å². The van der Waals surface area contributed by atoms with Crippen LogP contribution in [0, 0.1) is 5.92 Å². The Morgan fingerprint density at radius 2 is 2.23 bits per heavy atom. The number of rotatable bonds is 4. The summed E-state index contributed by atoms with van der Waals surface area (Å²) in [6, 6.07) is 9.47. The van der Waals surface area contributed by atoms with Gasteiger partial charge < -0.3 is 0 Å². The average molecular weight is 366 g/mol. The molecule has 0 spiro atoms. The minimum absolute atomic E-state index is 0.165. The number of piperidine rings is 1. The summed E-state index contributed by atoms with van der Waals surface area (Å²) in [5.41, 5.74) is 2.31. The summed E-state index contributed by atoms with van der Waals surface area (Å²) >= 11 is 1.48. The first-order valence-corrected chi connectivity index (χ1v) is 9.89. The van der Waals surface area contributed by atoms with Crippen molar-refractivity contribution in [3.05, 3.63) is 53.2 Å². The number of hydrogen-bond donors (Lipinski definition) is 1. The van der Waals surface area contributed by atoms with E-state index in [1.165, 1.54) is 24.2 Å². The highest BCUT2D eigenvalue weighted by Gasteiger charge is 2.18. The molecule has 0 radical (unpaired) electrons. The number of hydrogen-bond acceptors (Lipinski definition) is 5. The minimum Gasteiger partial charge on any atom is -0.298 e. The maximum absolute atomic E-state index is 12.7. The number of benzene rings is 1. The Morgan fingerprint density at radius 1 is 1.35 bits per heavy atom. The van der Waals surface area contributed by atoms with Crippen LogP contribution in [0.1, 0.15) is 35.8 Å². The maximum Gasteiger partial charge on any atom is 0.259 e. The fourth-order valence-corrected chi connectivity index (χ4v) is 4.24. The van der Waals surface area contributed by atoms with Gasteiger partial charge in [-0.15, -0.1) is 11.3 Å². The van der Waals surface area contributed by atoms with Crippen molar-refractivity contribution < 1.29 is 4.79 Å². The summed E-state index contributed by atoms with van der Waals surface area (Å²) in [6.07, 6.45) is 4.27. The van der Waals surface area contributed by atoms with Gasteiger partial charge in [-0.1, -0.05) is 25.1 Å². The Morgan fingerprint density at radius 3 is 3.12 bits per heavy atom. The molecule has 0 bridgehead atoms. The molecule has 1 fully saturated rings. The quantitative estimate of drug-likeness (QED) is 0.753. The first-order chi connectivity index (χ1) is 12.7. The van der Waals surface area contributed by atoms with Gasteiger partial charge in [-0.2, -0.15) is 0 Å². The largest absolute Gasteiger partial charge is 0.298 e. The molecule has 1 amide bonds. The summed E-state index contributed by atoms with van der Waals surface area (Å²) in [7, 11) is 0. The van der Waals surface area contributed by atoms with Gasteiger partial charge in [0.2, 0.25) is 0 Å². The molecular weight excluding hydrogens is 344 g/mol. The number of thiazole rings is 1. The zero-order valence-electron chi connectivity index (χ0n) is 14.8. The number of para-hydroxylation sites is 1. The smallest absolute Gasteiger partial charge is 0.259 e. The molecule has 26 heavy (non-hydrogen) atoms. The highest BCUT2D eigenvalue weighted by molar-refractivity contribution is 7.14. The van der Waals surface area contributed by atoms with Crippen LogP contribution in [0.5, 0.6) is 0 Å². The van der Waals surface area contributed by atoms with E-state index < -0.39 is 0 Å². The second-order valence-electron chi connectivity index (χ2n) is 6.96. The normalized spacial score (nSPS) is 18.1. The lowest BCUT2D eigenvalue weighted by Gasteiger charge is -2.30. The van der Waals surface area contributed by atoms with Crippen molar-refractivity contribution in [2.75, 3.05) is 18.4 Å². The van der Waals surface area contributed by atoms with E-state index >= 15 is 0 Å². The molecule has 5 nitrogen and oxygen atoms in total. The first kappa shape index (κ1) is 17.1. The number of nitrogens with zero attached hydrogens (tertiary/aromatic N) is 3. The Bertz CT molecular complexity index is 918. The lowest BCUT2D eigenvalue weighted by molar-refractivity contribution is 0.102. The summed E-state index contributed by atoms with van der Waals surface area (Å²) < 4.78 is 0. The predicted octanol–water partition coefficient (Wildman–Crippen LogP) is 4.18. The van der Waals surface area contributed by atoms with E-state index in [1.807, 2.05) is 29.6 Å². The van der Waals surface area contributed by atoms with Crippen molar-refractivity contribution in [1.82, 2.24) is 14.9 Å². The van der Waals surface area contributed by atoms with E-state index in [0.29, 0.717) is 16.2 Å². The molecule has 134 valence electrons. The third-order valence-electron chi connectivity index (χ3n) is 4.78. The number of carbonyl (C=O) groups excluding carboxylic acids is 1. The van der Waals surface area contributed by atoms with Crippen LogP contribution in [0.4, 0.5) is 5.13 Å². The van der Waals surface area contributed by atoms with E-state index in [1.54, 1.807) is 12.3 Å². The summed E-state index contributed by atoms with van der Waals surface area (Å²) in [5, 5.41) is 6.56. The monoisotopic (exact) mass is 366 g/mol. The molecule has 2 aromatic heterocycles. The van der Waals surface area contributed by atoms with Gasteiger partial charge in [-0.05, 0) is 37.4 Å². The molecule has 1 aromatic carbocycles. The van der Waals surface area contributed by atoms with Gasteiger partial charge in [0.15, 0.2) is 5.13 Å². The third kappa shape index (κ3) is 3.76. The summed E-state index contributed by atoms with van der Waals surface area (Å²) in [4.78, 5) is 24.1. The van der Waals surface area contributed by atoms with Gasteiger partial charge in [0.05, 0.1) is 16.8 Å². The van der Waals surface area contributed by atoms with Crippen molar-refractivity contribution in [3.63, 3.8) is 0 Å². The van der Waals surface area contributed by atoms with Gasteiger partial charge in [-0.3, -0.25) is 20.0 Å². The zero-order valence-corrected chi connectivity index (χ0v) is 15.6. The van der Waals surface area contributed by atoms with Crippen molar-refractivity contribution in [1.29, 1.82) is 0 Å². The molecule has 0 aliphatic carbocycles. The van der Waals surface area contributed by atoms with Crippen molar-refractivity contribution >= 4 is 33.3 Å². The molecule has 6 heteroatoms. The first-order valence-electron chi connectivity index (χ1n) is 9.01. The Kier molecular flexibility index (Phi) is 4.95. The van der Waals surface area contributed by atoms with Crippen molar-refractivity contribution in [2.24, 2.45) is 5.92 Å². The van der Waals surface area contributed by atoms with Gasteiger partial charge in [-0.25, -0.2) is 4.98 Å². The van der Waals surface area contributed by atoms with Crippen molar-refractivity contribution in [2.45, 2.75) is 26.3 Å². The molecule has 1 aliphatic heterocycles. The van der Waals surface area contributed by atoms with E-state index in [0.717, 1.165) is 36.6 Å².